The summed E-state index contributed by atoms with van der Waals surface area (Å²) in [4.78, 5) is 22.5. The normalized spacial score (nSPS) is 27.1. The highest BCUT2D eigenvalue weighted by Crippen LogP contribution is 2.24. The van der Waals surface area contributed by atoms with Crippen molar-refractivity contribution in [1.82, 2.24) is 5.32 Å². The number of rotatable bonds is 3. The van der Waals surface area contributed by atoms with Gasteiger partial charge in [0, 0.05) is 0 Å². The molecule has 0 spiro atoms. The number of amides is 1. The van der Waals surface area contributed by atoms with E-state index in [0.29, 0.717) is 5.92 Å². The monoisotopic (exact) mass is 215 g/mol. The highest BCUT2D eigenvalue weighted by Gasteiger charge is 2.43. The Morgan fingerprint density at radius 2 is 2.07 bits per heavy atom. The number of carbonyl (C=O) groups excluding carboxylic acids is 2. The minimum atomic E-state index is -0.681. The summed E-state index contributed by atoms with van der Waals surface area (Å²) >= 11 is 0. The summed E-state index contributed by atoms with van der Waals surface area (Å²) in [5.74, 6) is -0.0266. The zero-order valence-corrected chi connectivity index (χ0v) is 9.44. The molecule has 15 heavy (non-hydrogen) atoms. The van der Waals surface area contributed by atoms with Crippen LogP contribution in [0.15, 0.2) is 0 Å². The lowest BCUT2D eigenvalue weighted by molar-refractivity contribution is -0.144. The van der Waals surface area contributed by atoms with Gasteiger partial charge in [0.15, 0.2) is 6.04 Å². The van der Waals surface area contributed by atoms with E-state index in [4.69, 9.17) is 4.74 Å². The van der Waals surface area contributed by atoms with E-state index < -0.39 is 24.2 Å². The van der Waals surface area contributed by atoms with Crippen LogP contribution >= 0.6 is 0 Å². The molecular weight excluding hydrogens is 198 g/mol. The third-order valence-corrected chi connectivity index (χ3v) is 2.87. The smallest absolute Gasteiger partial charge is 0.408 e. The fourth-order valence-corrected chi connectivity index (χ4v) is 1.55. The van der Waals surface area contributed by atoms with Crippen molar-refractivity contribution in [1.29, 1.82) is 0 Å². The Labute approximate surface area is 89.1 Å². The number of nitrogens with one attached hydrogen (secondary N) is 1. The lowest BCUT2D eigenvalue weighted by atomic mass is 9.88. The summed E-state index contributed by atoms with van der Waals surface area (Å²) in [6.07, 6.45) is -0.993. The molecule has 86 valence electrons. The van der Waals surface area contributed by atoms with Crippen molar-refractivity contribution in [2.45, 2.75) is 32.9 Å². The lowest BCUT2D eigenvalue weighted by Gasteiger charge is -2.24. The van der Waals surface area contributed by atoms with E-state index in [0.717, 1.165) is 0 Å². The molecule has 0 saturated carbocycles. The Hall–Kier alpha value is -1.26. The third-order valence-electron chi connectivity index (χ3n) is 2.87. The quantitative estimate of drug-likeness (QED) is 0.711. The minimum absolute atomic E-state index is 0.105. The fourth-order valence-electron chi connectivity index (χ4n) is 1.55. The number of alkyl carbamates (subject to hydrolysis) is 1. The van der Waals surface area contributed by atoms with Crippen LogP contribution in [-0.2, 0) is 14.3 Å². The van der Waals surface area contributed by atoms with Gasteiger partial charge in [0.1, 0.15) is 6.10 Å². The SMILES string of the molecule is COC(=O)[C@@H]1NC(=O)O[C@@H]1[C@H](C)C(C)C. The van der Waals surface area contributed by atoms with Gasteiger partial charge < -0.3 is 14.8 Å². The molecule has 1 heterocycles. The summed E-state index contributed by atoms with van der Waals surface area (Å²) in [6, 6.07) is -0.681. The zero-order chi connectivity index (χ0) is 11.6. The van der Waals surface area contributed by atoms with Crippen LogP contribution in [0.1, 0.15) is 20.8 Å². The van der Waals surface area contributed by atoms with E-state index in [1.165, 1.54) is 7.11 Å². The Bertz CT molecular complexity index is 264. The first-order valence-corrected chi connectivity index (χ1v) is 5.02. The standard InChI is InChI=1S/C10H17NO4/c1-5(2)6(3)8-7(9(12)14-4)11-10(13)15-8/h5-8H,1-4H3,(H,11,13)/t6-,7-,8-/m1/s1. The van der Waals surface area contributed by atoms with Gasteiger partial charge in [0.2, 0.25) is 0 Å². The molecule has 1 aliphatic rings. The zero-order valence-electron chi connectivity index (χ0n) is 9.44. The Balaban J connectivity index is 2.77. The second-order valence-corrected chi connectivity index (χ2v) is 4.12. The van der Waals surface area contributed by atoms with Crippen molar-refractivity contribution in [3.8, 4) is 0 Å². The third kappa shape index (κ3) is 2.40. The second-order valence-electron chi connectivity index (χ2n) is 4.12. The van der Waals surface area contributed by atoms with E-state index in [1.54, 1.807) is 0 Å². The first-order chi connectivity index (χ1) is 6.97. The first-order valence-electron chi connectivity index (χ1n) is 5.02. The minimum Gasteiger partial charge on any atom is -0.467 e. The van der Waals surface area contributed by atoms with Crippen LogP contribution in [0.3, 0.4) is 0 Å². The van der Waals surface area contributed by atoms with Crippen LogP contribution in [0.2, 0.25) is 0 Å². The molecule has 1 saturated heterocycles. The maximum Gasteiger partial charge on any atom is 0.408 e. The molecule has 0 radical (unpaired) electrons. The Kier molecular flexibility index (Phi) is 3.55. The van der Waals surface area contributed by atoms with Gasteiger partial charge in [-0.15, -0.1) is 0 Å². The van der Waals surface area contributed by atoms with Gasteiger partial charge in [0.25, 0.3) is 0 Å². The molecule has 1 fully saturated rings. The molecule has 5 nitrogen and oxygen atoms in total. The van der Waals surface area contributed by atoms with Gasteiger partial charge in [-0.05, 0) is 11.8 Å². The molecular formula is C10H17NO4. The number of hydrogen-bond donors (Lipinski definition) is 1. The van der Waals surface area contributed by atoms with Crippen molar-refractivity contribution in [3.63, 3.8) is 0 Å². The van der Waals surface area contributed by atoms with Crippen molar-refractivity contribution < 1.29 is 19.1 Å². The van der Waals surface area contributed by atoms with E-state index in [2.05, 4.69) is 10.1 Å². The van der Waals surface area contributed by atoms with Crippen LogP contribution < -0.4 is 5.32 Å². The van der Waals surface area contributed by atoms with Crippen LogP contribution in [-0.4, -0.2) is 31.3 Å². The van der Waals surface area contributed by atoms with Gasteiger partial charge in [-0.1, -0.05) is 20.8 Å². The van der Waals surface area contributed by atoms with Gasteiger partial charge in [0.05, 0.1) is 7.11 Å². The van der Waals surface area contributed by atoms with Gasteiger partial charge in [-0.25, -0.2) is 9.59 Å². The molecule has 0 aromatic heterocycles. The van der Waals surface area contributed by atoms with Crippen LogP contribution in [0.4, 0.5) is 4.79 Å². The van der Waals surface area contributed by atoms with Crippen molar-refractivity contribution in [2.75, 3.05) is 7.11 Å². The highest BCUT2D eigenvalue weighted by molar-refractivity contribution is 5.84. The molecule has 0 unspecified atom stereocenters. The molecule has 1 aliphatic heterocycles. The topological polar surface area (TPSA) is 64.6 Å². The van der Waals surface area contributed by atoms with E-state index in [1.807, 2.05) is 20.8 Å². The van der Waals surface area contributed by atoms with Crippen LogP contribution in [0.25, 0.3) is 0 Å². The van der Waals surface area contributed by atoms with Crippen LogP contribution in [0.5, 0.6) is 0 Å². The maximum atomic E-state index is 11.4. The summed E-state index contributed by atoms with van der Waals surface area (Å²) < 4.78 is 9.68. The maximum absolute atomic E-state index is 11.4. The molecule has 3 atom stereocenters. The van der Waals surface area contributed by atoms with Crippen molar-refractivity contribution in [2.24, 2.45) is 11.8 Å². The number of cyclic esters (lactones) is 1. The fraction of sp³-hybridized carbons (Fsp3) is 0.800. The molecule has 0 bridgehead atoms. The molecule has 5 heteroatoms. The number of carbonyl (C=O) groups is 2. The number of esters is 1. The second kappa shape index (κ2) is 4.51. The number of hydrogen-bond acceptors (Lipinski definition) is 4. The van der Waals surface area contributed by atoms with E-state index >= 15 is 0 Å². The summed E-state index contributed by atoms with van der Waals surface area (Å²) in [7, 11) is 1.30. The molecule has 1 rings (SSSR count). The predicted molar refractivity (Wildman–Crippen MR) is 53.2 cm³/mol. The average Bonchev–Trinajstić information content (AvgIpc) is 2.57. The largest absolute Gasteiger partial charge is 0.467 e. The molecule has 0 aromatic carbocycles. The summed E-state index contributed by atoms with van der Waals surface area (Å²) in [5, 5.41) is 2.45. The van der Waals surface area contributed by atoms with Crippen molar-refractivity contribution >= 4 is 12.1 Å². The summed E-state index contributed by atoms with van der Waals surface area (Å²) in [5.41, 5.74) is 0. The molecule has 1 amide bonds. The summed E-state index contributed by atoms with van der Waals surface area (Å²) in [6.45, 7) is 5.99. The van der Waals surface area contributed by atoms with Crippen LogP contribution in [0, 0.1) is 11.8 Å². The highest BCUT2D eigenvalue weighted by atomic mass is 16.6. The molecule has 0 aromatic rings. The van der Waals surface area contributed by atoms with Gasteiger partial charge in [-0.2, -0.15) is 0 Å². The lowest BCUT2D eigenvalue weighted by Crippen LogP contribution is -2.43. The molecule has 0 aliphatic carbocycles. The number of methoxy groups -OCH3 is 1. The Morgan fingerprint density at radius 3 is 2.53 bits per heavy atom. The van der Waals surface area contributed by atoms with E-state index in [-0.39, 0.29) is 5.92 Å². The van der Waals surface area contributed by atoms with Gasteiger partial charge in [-0.3, -0.25) is 0 Å². The Morgan fingerprint density at radius 1 is 1.47 bits per heavy atom. The number of ether oxygens (including phenoxy) is 2. The van der Waals surface area contributed by atoms with Gasteiger partial charge >= 0.3 is 12.1 Å². The molecule has 1 N–H and O–H groups in total. The van der Waals surface area contributed by atoms with Crippen molar-refractivity contribution in [3.05, 3.63) is 0 Å². The first kappa shape index (κ1) is 11.8. The van der Waals surface area contributed by atoms with E-state index in [9.17, 15) is 9.59 Å². The average molecular weight is 215 g/mol. The predicted octanol–water partition coefficient (Wildman–Crippen LogP) is 0.928.